The molecule has 2 rings (SSSR count). The number of aryl methyl sites for hydroxylation is 2. The van der Waals surface area contributed by atoms with Crippen LogP contribution in [0.1, 0.15) is 21.5 Å². The van der Waals surface area contributed by atoms with Crippen LogP contribution >= 0.6 is 0 Å². The highest BCUT2D eigenvalue weighted by atomic mass is 16.6. The Bertz CT molecular complexity index is 721. The van der Waals surface area contributed by atoms with E-state index in [4.69, 9.17) is 14.2 Å². The van der Waals surface area contributed by atoms with Crippen LogP contribution in [0.15, 0.2) is 36.4 Å². The molecule has 0 heterocycles. The molecule has 0 spiro atoms. The Morgan fingerprint density at radius 1 is 1.04 bits per heavy atom. The minimum Gasteiger partial charge on any atom is -0.493 e. The van der Waals surface area contributed by atoms with Crippen LogP contribution < -0.4 is 14.2 Å². The van der Waals surface area contributed by atoms with Crippen LogP contribution in [-0.2, 0) is 4.79 Å². The van der Waals surface area contributed by atoms with E-state index >= 15 is 0 Å². The molecule has 5 heteroatoms. The van der Waals surface area contributed by atoms with E-state index in [-0.39, 0.29) is 12.4 Å². The topological polar surface area (TPSA) is 61.8 Å². The number of hydrogen-bond donors (Lipinski definition) is 0. The summed E-state index contributed by atoms with van der Waals surface area (Å²) in [7, 11) is 1.44. The minimum absolute atomic E-state index is 0.219. The Morgan fingerprint density at radius 3 is 2.52 bits per heavy atom. The van der Waals surface area contributed by atoms with Crippen molar-refractivity contribution in [2.75, 3.05) is 13.7 Å². The minimum atomic E-state index is -0.553. The summed E-state index contributed by atoms with van der Waals surface area (Å²) in [6.07, 6.45) is 0.692. The van der Waals surface area contributed by atoms with Crippen LogP contribution in [0.5, 0.6) is 17.2 Å². The van der Waals surface area contributed by atoms with Gasteiger partial charge in [-0.3, -0.25) is 4.79 Å². The molecule has 0 amide bonds. The molecule has 2 aromatic carbocycles. The predicted molar refractivity (Wildman–Crippen MR) is 85.4 cm³/mol. The Morgan fingerprint density at radius 2 is 1.83 bits per heavy atom. The van der Waals surface area contributed by atoms with Crippen LogP contribution in [-0.4, -0.2) is 26.0 Å². The van der Waals surface area contributed by atoms with Gasteiger partial charge in [-0.05, 0) is 49.2 Å². The lowest BCUT2D eigenvalue weighted by Crippen LogP contribution is -2.18. The molecule has 0 aliphatic heterocycles. The average molecular weight is 314 g/mol. The molecule has 5 nitrogen and oxygen atoms in total. The fraction of sp³-hybridized carbons (Fsp3) is 0.222. The predicted octanol–water partition coefficient (Wildman–Crippen LogP) is 3.11. The van der Waals surface area contributed by atoms with Crippen molar-refractivity contribution in [2.24, 2.45) is 0 Å². The SMILES string of the molecule is COc1cc(C=O)ccc1OC(=O)COc1cc(C)ccc1C. The molecule has 0 bridgehead atoms. The van der Waals surface area contributed by atoms with Crippen molar-refractivity contribution in [2.45, 2.75) is 13.8 Å². The molecule has 0 aliphatic rings. The monoisotopic (exact) mass is 314 g/mol. The second kappa shape index (κ2) is 7.45. The van der Waals surface area contributed by atoms with Gasteiger partial charge in [0.05, 0.1) is 7.11 Å². The number of hydrogen-bond acceptors (Lipinski definition) is 5. The van der Waals surface area contributed by atoms with Crippen molar-refractivity contribution in [3.05, 3.63) is 53.1 Å². The number of methoxy groups -OCH3 is 1. The third-order valence-corrected chi connectivity index (χ3v) is 3.24. The van der Waals surface area contributed by atoms with Crippen LogP contribution in [0.4, 0.5) is 0 Å². The highest BCUT2D eigenvalue weighted by Crippen LogP contribution is 2.27. The molecule has 0 radical (unpaired) electrons. The smallest absolute Gasteiger partial charge is 0.349 e. The normalized spacial score (nSPS) is 10.0. The zero-order valence-corrected chi connectivity index (χ0v) is 13.3. The van der Waals surface area contributed by atoms with E-state index in [2.05, 4.69) is 0 Å². The third-order valence-electron chi connectivity index (χ3n) is 3.24. The summed E-state index contributed by atoms with van der Waals surface area (Å²) < 4.78 is 15.8. The zero-order valence-electron chi connectivity index (χ0n) is 13.3. The molecule has 120 valence electrons. The second-order valence-corrected chi connectivity index (χ2v) is 5.06. The lowest BCUT2D eigenvalue weighted by molar-refractivity contribution is -0.136. The lowest BCUT2D eigenvalue weighted by atomic mass is 10.1. The molecule has 0 fully saturated rings. The van der Waals surface area contributed by atoms with Gasteiger partial charge in [-0.15, -0.1) is 0 Å². The van der Waals surface area contributed by atoms with Gasteiger partial charge in [0.25, 0.3) is 0 Å². The summed E-state index contributed by atoms with van der Waals surface area (Å²) in [5.74, 6) is 0.649. The van der Waals surface area contributed by atoms with E-state index < -0.39 is 5.97 Å². The molecule has 0 N–H and O–H groups in total. The molecule has 2 aromatic rings. The lowest BCUT2D eigenvalue weighted by Gasteiger charge is -2.11. The van der Waals surface area contributed by atoms with Crippen LogP contribution in [0.2, 0.25) is 0 Å². The van der Waals surface area contributed by atoms with Crippen LogP contribution in [0, 0.1) is 13.8 Å². The quantitative estimate of drug-likeness (QED) is 0.466. The standard InChI is InChI=1S/C18H18O5/c1-12-4-5-13(2)16(8-12)22-11-18(20)23-15-7-6-14(10-19)9-17(15)21-3/h4-10H,11H2,1-3H3. The Hall–Kier alpha value is -2.82. The summed E-state index contributed by atoms with van der Waals surface area (Å²) >= 11 is 0. The summed E-state index contributed by atoms with van der Waals surface area (Å²) in [5.41, 5.74) is 2.43. The van der Waals surface area contributed by atoms with Gasteiger partial charge in [-0.1, -0.05) is 12.1 Å². The maximum Gasteiger partial charge on any atom is 0.349 e. The van der Waals surface area contributed by atoms with E-state index in [1.54, 1.807) is 6.07 Å². The van der Waals surface area contributed by atoms with Gasteiger partial charge >= 0.3 is 5.97 Å². The first kappa shape index (κ1) is 16.5. The molecular weight excluding hydrogens is 296 g/mol. The Labute approximate surface area is 134 Å². The summed E-state index contributed by atoms with van der Waals surface area (Å²) in [6.45, 7) is 3.63. The van der Waals surface area contributed by atoms with Crippen molar-refractivity contribution in [1.82, 2.24) is 0 Å². The largest absolute Gasteiger partial charge is 0.493 e. The van der Waals surface area contributed by atoms with E-state index in [1.807, 2.05) is 32.0 Å². The molecule has 23 heavy (non-hydrogen) atoms. The van der Waals surface area contributed by atoms with Gasteiger partial charge in [0.1, 0.15) is 12.0 Å². The number of aldehydes is 1. The van der Waals surface area contributed by atoms with E-state index in [0.29, 0.717) is 23.3 Å². The first-order valence-electron chi connectivity index (χ1n) is 7.07. The van der Waals surface area contributed by atoms with Crippen LogP contribution in [0.3, 0.4) is 0 Å². The first-order valence-corrected chi connectivity index (χ1v) is 7.07. The van der Waals surface area contributed by atoms with E-state index in [9.17, 15) is 9.59 Å². The molecule has 0 aliphatic carbocycles. The number of esters is 1. The van der Waals surface area contributed by atoms with E-state index in [0.717, 1.165) is 11.1 Å². The zero-order chi connectivity index (χ0) is 16.8. The fourth-order valence-electron chi connectivity index (χ4n) is 1.99. The number of ether oxygens (including phenoxy) is 3. The molecule has 0 aromatic heterocycles. The molecule has 0 unspecified atom stereocenters. The molecule has 0 atom stereocenters. The molecular formula is C18H18O5. The number of benzene rings is 2. The number of rotatable bonds is 6. The maximum atomic E-state index is 11.9. The summed E-state index contributed by atoms with van der Waals surface area (Å²) in [4.78, 5) is 22.7. The maximum absolute atomic E-state index is 11.9. The van der Waals surface area contributed by atoms with Gasteiger partial charge in [-0.2, -0.15) is 0 Å². The average Bonchev–Trinajstić information content (AvgIpc) is 2.56. The van der Waals surface area contributed by atoms with Crippen molar-refractivity contribution in [3.63, 3.8) is 0 Å². The first-order chi connectivity index (χ1) is 11.0. The summed E-state index contributed by atoms with van der Waals surface area (Å²) in [6, 6.07) is 10.3. The Balaban J connectivity index is 2.02. The summed E-state index contributed by atoms with van der Waals surface area (Å²) in [5, 5.41) is 0. The van der Waals surface area contributed by atoms with Crippen LogP contribution in [0.25, 0.3) is 0 Å². The molecule has 0 saturated carbocycles. The molecule has 0 saturated heterocycles. The number of carbonyl (C=O) groups is 2. The number of carbonyl (C=O) groups excluding carboxylic acids is 2. The Kier molecular flexibility index (Phi) is 5.36. The highest BCUT2D eigenvalue weighted by Gasteiger charge is 2.12. The van der Waals surface area contributed by atoms with Gasteiger partial charge in [0.2, 0.25) is 0 Å². The van der Waals surface area contributed by atoms with Gasteiger partial charge in [0, 0.05) is 5.56 Å². The third kappa shape index (κ3) is 4.32. The van der Waals surface area contributed by atoms with Crippen molar-refractivity contribution < 1.29 is 23.8 Å². The highest BCUT2D eigenvalue weighted by molar-refractivity contribution is 5.78. The van der Waals surface area contributed by atoms with Gasteiger partial charge in [0.15, 0.2) is 18.1 Å². The van der Waals surface area contributed by atoms with Crippen molar-refractivity contribution >= 4 is 12.3 Å². The van der Waals surface area contributed by atoms with Crippen molar-refractivity contribution in [3.8, 4) is 17.2 Å². The second-order valence-electron chi connectivity index (χ2n) is 5.06. The van der Waals surface area contributed by atoms with Gasteiger partial charge < -0.3 is 14.2 Å². The fourth-order valence-corrected chi connectivity index (χ4v) is 1.99. The van der Waals surface area contributed by atoms with E-state index in [1.165, 1.54) is 19.2 Å². The van der Waals surface area contributed by atoms with Crippen molar-refractivity contribution in [1.29, 1.82) is 0 Å². The van der Waals surface area contributed by atoms with Gasteiger partial charge in [-0.25, -0.2) is 4.79 Å².